The van der Waals surface area contributed by atoms with Crippen LogP contribution in [0.1, 0.15) is 11.5 Å². The van der Waals surface area contributed by atoms with Gasteiger partial charge < -0.3 is 4.52 Å². The molecule has 53 valence electrons. The van der Waals surface area contributed by atoms with Gasteiger partial charge in [-0.1, -0.05) is 5.16 Å². The van der Waals surface area contributed by atoms with Gasteiger partial charge >= 0.3 is 0 Å². The zero-order chi connectivity index (χ0) is 7.56. The molecule has 0 aliphatic rings. The Morgan fingerprint density at radius 1 is 1.90 bits per heavy atom. The molecule has 0 fully saturated rings. The molecule has 0 saturated heterocycles. The van der Waals surface area contributed by atoms with E-state index in [1.807, 2.05) is 0 Å². The minimum absolute atomic E-state index is 0.0147. The molecule has 0 aliphatic heterocycles. The highest BCUT2D eigenvalue weighted by Crippen LogP contribution is 2.01. The summed E-state index contributed by atoms with van der Waals surface area (Å²) in [4.78, 5) is 10.2. The molecule has 4 nitrogen and oxygen atoms in total. The van der Waals surface area contributed by atoms with E-state index in [0.29, 0.717) is 5.76 Å². The Bertz CT molecular complexity index is 242. The van der Waals surface area contributed by atoms with Gasteiger partial charge in [0.2, 0.25) is 5.91 Å². The maximum atomic E-state index is 10.2. The molecule has 1 aromatic rings. The molecular formula is C6H7N2O2. The lowest BCUT2D eigenvalue weighted by atomic mass is 10.3. The molecular weight excluding hydrogens is 132 g/mol. The maximum Gasteiger partial charge on any atom is 0.246 e. The lowest BCUT2D eigenvalue weighted by Crippen LogP contribution is -2.00. The average molecular weight is 139 g/mol. The predicted molar refractivity (Wildman–Crippen MR) is 33.0 cm³/mol. The van der Waals surface area contributed by atoms with E-state index in [1.165, 1.54) is 0 Å². The summed E-state index contributed by atoms with van der Waals surface area (Å²) >= 11 is 0. The van der Waals surface area contributed by atoms with Gasteiger partial charge in [-0.05, 0) is 6.92 Å². The molecule has 0 aromatic carbocycles. The molecule has 1 amide bonds. The fourth-order valence-corrected chi connectivity index (χ4v) is 0.658. The van der Waals surface area contributed by atoms with E-state index < -0.39 is 5.91 Å². The minimum atomic E-state index is -0.656. The first kappa shape index (κ1) is 6.80. The number of hydrogen-bond acceptors (Lipinski definition) is 3. The second-order valence-corrected chi connectivity index (χ2v) is 2.03. The Morgan fingerprint density at radius 3 is 3.00 bits per heavy atom. The van der Waals surface area contributed by atoms with Crippen molar-refractivity contribution in [2.45, 2.75) is 13.3 Å². The summed E-state index contributed by atoms with van der Waals surface area (Å²) in [5.74, 6) is -0.200. The third-order valence-electron chi connectivity index (χ3n) is 1.01. The van der Waals surface area contributed by atoms with Crippen LogP contribution in [0, 0.1) is 6.92 Å². The average Bonchev–Trinajstić information content (AvgIpc) is 2.13. The van der Waals surface area contributed by atoms with Crippen LogP contribution in [0.15, 0.2) is 10.6 Å². The van der Waals surface area contributed by atoms with Crippen LogP contribution in [0.5, 0.6) is 0 Å². The van der Waals surface area contributed by atoms with Gasteiger partial charge in [-0.15, -0.1) is 0 Å². The van der Waals surface area contributed by atoms with E-state index in [9.17, 15) is 4.79 Å². The largest absolute Gasteiger partial charge is 0.361 e. The number of rotatable bonds is 2. The highest BCUT2D eigenvalue weighted by molar-refractivity contribution is 5.75. The number of carbonyl (C=O) groups is 1. The van der Waals surface area contributed by atoms with Gasteiger partial charge in [-0.3, -0.25) is 10.5 Å². The van der Waals surface area contributed by atoms with Gasteiger partial charge in [0.1, 0.15) is 5.76 Å². The number of carbonyl (C=O) groups excluding carboxylic acids is 1. The van der Waals surface area contributed by atoms with E-state index in [1.54, 1.807) is 13.0 Å². The van der Waals surface area contributed by atoms with Crippen molar-refractivity contribution in [1.29, 1.82) is 0 Å². The molecule has 1 rings (SSSR count). The molecule has 1 N–H and O–H groups in total. The summed E-state index contributed by atoms with van der Waals surface area (Å²) in [5.41, 5.74) is 7.33. The third kappa shape index (κ3) is 1.58. The molecule has 1 heterocycles. The first-order chi connectivity index (χ1) is 4.68. The summed E-state index contributed by atoms with van der Waals surface area (Å²) in [6.07, 6.45) is 0.0147. The Balaban J connectivity index is 2.67. The normalized spacial score (nSPS) is 9.70. The topological polar surface area (TPSA) is 66.9 Å². The fourth-order valence-electron chi connectivity index (χ4n) is 0.658. The maximum absolute atomic E-state index is 10.2. The summed E-state index contributed by atoms with van der Waals surface area (Å²) < 4.78 is 4.68. The second-order valence-electron chi connectivity index (χ2n) is 2.03. The van der Waals surface area contributed by atoms with Crippen molar-refractivity contribution >= 4 is 5.91 Å². The summed E-state index contributed by atoms with van der Waals surface area (Å²) in [7, 11) is 0. The number of aryl methyl sites for hydroxylation is 1. The van der Waals surface area contributed by atoms with Gasteiger partial charge in [0.25, 0.3) is 0 Å². The number of amides is 1. The van der Waals surface area contributed by atoms with Crippen molar-refractivity contribution in [3.8, 4) is 0 Å². The van der Waals surface area contributed by atoms with E-state index in [0.717, 1.165) is 5.69 Å². The Morgan fingerprint density at radius 2 is 2.60 bits per heavy atom. The number of hydrogen-bond donors (Lipinski definition) is 0. The smallest absolute Gasteiger partial charge is 0.246 e. The van der Waals surface area contributed by atoms with Crippen LogP contribution in [0.3, 0.4) is 0 Å². The zero-order valence-electron chi connectivity index (χ0n) is 5.55. The van der Waals surface area contributed by atoms with Crippen LogP contribution in [0.4, 0.5) is 0 Å². The standard InChI is InChI=1S/C6H7N2O2/c1-4-2-5(10-8-4)3-6(7)9/h2,7H,3H2,1H3. The van der Waals surface area contributed by atoms with Gasteiger partial charge in [-0.25, -0.2) is 0 Å². The van der Waals surface area contributed by atoms with Crippen LogP contribution in [-0.2, 0) is 11.2 Å². The Hall–Kier alpha value is -1.32. The van der Waals surface area contributed by atoms with Crippen LogP contribution in [0.25, 0.3) is 0 Å². The predicted octanol–water partition coefficient (Wildman–Crippen LogP) is 0.335. The molecule has 10 heavy (non-hydrogen) atoms. The van der Waals surface area contributed by atoms with Gasteiger partial charge in [-0.2, -0.15) is 0 Å². The molecule has 4 heteroatoms. The highest BCUT2D eigenvalue weighted by Gasteiger charge is 2.03. The molecule has 1 aromatic heterocycles. The minimum Gasteiger partial charge on any atom is -0.361 e. The van der Waals surface area contributed by atoms with E-state index in [-0.39, 0.29) is 6.42 Å². The highest BCUT2D eigenvalue weighted by atomic mass is 16.5. The van der Waals surface area contributed by atoms with Crippen molar-refractivity contribution < 1.29 is 9.32 Å². The molecule has 0 unspecified atom stereocenters. The van der Waals surface area contributed by atoms with Crippen LogP contribution in [0.2, 0.25) is 0 Å². The summed E-state index contributed by atoms with van der Waals surface area (Å²) in [5, 5.41) is 3.56. The van der Waals surface area contributed by atoms with Crippen molar-refractivity contribution in [3.63, 3.8) is 0 Å². The quantitative estimate of drug-likeness (QED) is 0.593. The van der Waals surface area contributed by atoms with Crippen LogP contribution >= 0.6 is 0 Å². The van der Waals surface area contributed by atoms with Crippen LogP contribution < -0.4 is 5.73 Å². The van der Waals surface area contributed by atoms with Gasteiger partial charge in [0.15, 0.2) is 0 Å². The monoisotopic (exact) mass is 139 g/mol. The number of nitrogens with one attached hydrogen (secondary N) is 1. The van der Waals surface area contributed by atoms with Crippen molar-refractivity contribution in [2.24, 2.45) is 0 Å². The van der Waals surface area contributed by atoms with Crippen LogP contribution in [-0.4, -0.2) is 11.1 Å². The molecule has 0 saturated carbocycles. The van der Waals surface area contributed by atoms with Crippen molar-refractivity contribution in [2.75, 3.05) is 0 Å². The van der Waals surface area contributed by atoms with Crippen molar-refractivity contribution in [3.05, 3.63) is 17.5 Å². The number of nitrogens with zero attached hydrogens (tertiary/aromatic N) is 1. The Kier molecular flexibility index (Phi) is 1.71. The van der Waals surface area contributed by atoms with E-state index in [2.05, 4.69) is 9.68 Å². The second kappa shape index (κ2) is 2.51. The number of aromatic nitrogens is 1. The van der Waals surface area contributed by atoms with E-state index in [4.69, 9.17) is 5.73 Å². The third-order valence-corrected chi connectivity index (χ3v) is 1.01. The Labute approximate surface area is 58.0 Å². The zero-order valence-corrected chi connectivity index (χ0v) is 5.55. The lowest BCUT2D eigenvalue weighted by Gasteiger charge is -1.83. The SMILES string of the molecule is Cc1cc(CC([NH])=O)on1. The summed E-state index contributed by atoms with van der Waals surface area (Å²) in [6, 6.07) is 1.65. The molecule has 0 bridgehead atoms. The van der Waals surface area contributed by atoms with Gasteiger partial charge in [0.05, 0.1) is 12.1 Å². The summed E-state index contributed by atoms with van der Waals surface area (Å²) in [6.45, 7) is 1.77. The van der Waals surface area contributed by atoms with Crippen molar-refractivity contribution in [1.82, 2.24) is 10.9 Å². The van der Waals surface area contributed by atoms with E-state index >= 15 is 0 Å². The molecule has 0 spiro atoms. The first-order valence-corrected chi connectivity index (χ1v) is 2.85. The molecule has 0 aliphatic carbocycles. The lowest BCUT2D eigenvalue weighted by molar-refractivity contribution is -0.118. The fraction of sp³-hybridized carbons (Fsp3) is 0.333. The van der Waals surface area contributed by atoms with Gasteiger partial charge in [0, 0.05) is 6.07 Å². The first-order valence-electron chi connectivity index (χ1n) is 2.85. The molecule has 1 radical (unpaired) electrons. The molecule has 0 atom stereocenters.